The van der Waals surface area contributed by atoms with Crippen LogP contribution in [0, 0.1) is 0 Å². The number of likely N-dealkylation sites (N-methyl/N-ethyl adjacent to an activating group) is 1. The van der Waals surface area contributed by atoms with E-state index in [1.165, 1.54) is 0 Å². The zero-order valence-corrected chi connectivity index (χ0v) is 12.8. The minimum absolute atomic E-state index is 0.0453. The molecule has 2 heterocycles. The van der Waals surface area contributed by atoms with Gasteiger partial charge in [-0.25, -0.2) is 0 Å². The summed E-state index contributed by atoms with van der Waals surface area (Å²) in [6.45, 7) is 4.41. The molecule has 114 valence electrons. The van der Waals surface area contributed by atoms with Crippen LogP contribution in [0.5, 0.6) is 0 Å². The minimum atomic E-state index is -0.192. The molecular weight excluding hydrogens is 268 g/mol. The smallest absolute Gasteiger partial charge is 0.246 e. The fourth-order valence-electron chi connectivity index (χ4n) is 2.28. The van der Waals surface area contributed by atoms with Crippen LogP contribution in [0.3, 0.4) is 0 Å². The maximum Gasteiger partial charge on any atom is 0.246 e. The van der Waals surface area contributed by atoms with Gasteiger partial charge in [-0.05, 0) is 25.0 Å². The van der Waals surface area contributed by atoms with Crippen LogP contribution in [-0.4, -0.2) is 32.6 Å². The molecule has 0 aromatic carbocycles. The Labute approximate surface area is 124 Å². The monoisotopic (exact) mass is 290 g/mol. The zero-order valence-electron chi connectivity index (χ0n) is 12.8. The van der Waals surface area contributed by atoms with Gasteiger partial charge < -0.3 is 14.0 Å². The summed E-state index contributed by atoms with van der Waals surface area (Å²) in [6.07, 6.45) is 6.32. The molecule has 2 aromatic heterocycles. The number of carbonyl (C=O) groups excluding carboxylic acids is 1. The van der Waals surface area contributed by atoms with E-state index < -0.39 is 0 Å². The van der Waals surface area contributed by atoms with Crippen molar-refractivity contribution < 1.29 is 9.32 Å². The predicted octanol–water partition coefficient (Wildman–Crippen LogP) is 2.43. The van der Waals surface area contributed by atoms with Crippen LogP contribution in [0.2, 0.25) is 0 Å². The van der Waals surface area contributed by atoms with E-state index in [1.807, 2.05) is 36.0 Å². The molecule has 0 bridgehead atoms. The lowest BCUT2D eigenvalue weighted by Crippen LogP contribution is -2.33. The molecule has 1 atom stereocenters. The van der Waals surface area contributed by atoms with Crippen molar-refractivity contribution in [3.63, 3.8) is 0 Å². The molecule has 0 aliphatic rings. The minimum Gasteiger partial charge on any atom is -0.342 e. The first-order chi connectivity index (χ1) is 10.2. The van der Waals surface area contributed by atoms with Crippen LogP contribution < -0.4 is 0 Å². The molecule has 1 unspecified atom stereocenters. The quantitative estimate of drug-likeness (QED) is 0.785. The molecule has 2 aromatic rings. The molecule has 0 aliphatic heterocycles. The van der Waals surface area contributed by atoms with Crippen molar-refractivity contribution in [2.45, 2.75) is 45.7 Å². The molecule has 0 fully saturated rings. The first-order valence-corrected chi connectivity index (χ1v) is 7.34. The topological polar surface area (TPSA) is 64.2 Å². The van der Waals surface area contributed by atoms with E-state index in [9.17, 15) is 4.79 Å². The highest BCUT2D eigenvalue weighted by atomic mass is 16.5. The molecule has 2 rings (SSSR count). The highest BCUT2D eigenvalue weighted by Gasteiger charge is 2.22. The second kappa shape index (κ2) is 7.06. The lowest BCUT2D eigenvalue weighted by molar-refractivity contribution is -0.134. The molecular formula is C15H22N4O2. The SMILES string of the molecule is CCCc1noc(CN(C)C(=O)C(CC)n2cccc2)n1. The Morgan fingerprint density at radius 3 is 2.71 bits per heavy atom. The Balaban J connectivity index is 2.01. The summed E-state index contributed by atoms with van der Waals surface area (Å²) >= 11 is 0. The number of nitrogens with zero attached hydrogens (tertiary/aromatic N) is 4. The van der Waals surface area contributed by atoms with Gasteiger partial charge in [0.15, 0.2) is 5.82 Å². The summed E-state index contributed by atoms with van der Waals surface area (Å²) < 4.78 is 7.11. The van der Waals surface area contributed by atoms with E-state index in [0.29, 0.717) is 18.3 Å². The summed E-state index contributed by atoms with van der Waals surface area (Å²) in [5.41, 5.74) is 0. The van der Waals surface area contributed by atoms with Gasteiger partial charge in [0, 0.05) is 25.9 Å². The summed E-state index contributed by atoms with van der Waals surface area (Å²) in [6, 6.07) is 3.65. The molecule has 1 amide bonds. The van der Waals surface area contributed by atoms with E-state index in [1.54, 1.807) is 11.9 Å². The van der Waals surface area contributed by atoms with Crippen molar-refractivity contribution >= 4 is 5.91 Å². The van der Waals surface area contributed by atoms with Crippen molar-refractivity contribution in [2.75, 3.05) is 7.05 Å². The van der Waals surface area contributed by atoms with E-state index in [2.05, 4.69) is 17.1 Å². The van der Waals surface area contributed by atoms with Gasteiger partial charge in [-0.15, -0.1) is 0 Å². The third-order valence-electron chi connectivity index (χ3n) is 3.39. The normalized spacial score (nSPS) is 12.3. The zero-order chi connectivity index (χ0) is 15.2. The Morgan fingerprint density at radius 2 is 2.10 bits per heavy atom. The third-order valence-corrected chi connectivity index (χ3v) is 3.39. The first-order valence-electron chi connectivity index (χ1n) is 7.34. The number of aryl methyl sites for hydroxylation is 1. The van der Waals surface area contributed by atoms with Crippen LogP contribution in [0.4, 0.5) is 0 Å². The van der Waals surface area contributed by atoms with Crippen molar-refractivity contribution in [3.8, 4) is 0 Å². The number of amides is 1. The molecule has 21 heavy (non-hydrogen) atoms. The van der Waals surface area contributed by atoms with Crippen LogP contribution in [-0.2, 0) is 17.8 Å². The van der Waals surface area contributed by atoms with E-state index >= 15 is 0 Å². The van der Waals surface area contributed by atoms with Gasteiger partial charge in [0.1, 0.15) is 6.04 Å². The lowest BCUT2D eigenvalue weighted by Gasteiger charge is -2.22. The second-order valence-corrected chi connectivity index (χ2v) is 5.10. The van der Waals surface area contributed by atoms with Crippen LogP contribution in [0.1, 0.15) is 44.4 Å². The Morgan fingerprint density at radius 1 is 1.38 bits per heavy atom. The number of rotatable bonds is 7. The van der Waals surface area contributed by atoms with Gasteiger partial charge in [0.2, 0.25) is 11.8 Å². The number of hydrogen-bond acceptors (Lipinski definition) is 4. The maximum atomic E-state index is 12.5. The third kappa shape index (κ3) is 3.71. The van der Waals surface area contributed by atoms with Gasteiger partial charge in [0.05, 0.1) is 6.54 Å². The highest BCUT2D eigenvalue weighted by Crippen LogP contribution is 2.16. The molecule has 6 heteroatoms. The van der Waals surface area contributed by atoms with Gasteiger partial charge >= 0.3 is 0 Å². The lowest BCUT2D eigenvalue weighted by atomic mass is 10.2. The molecule has 0 saturated carbocycles. The number of aromatic nitrogens is 3. The summed E-state index contributed by atoms with van der Waals surface area (Å²) in [5, 5.41) is 3.90. The van der Waals surface area contributed by atoms with Gasteiger partial charge in [-0.1, -0.05) is 19.0 Å². The van der Waals surface area contributed by atoms with Crippen LogP contribution in [0.25, 0.3) is 0 Å². The molecule has 0 spiro atoms. The van der Waals surface area contributed by atoms with Crippen LogP contribution >= 0.6 is 0 Å². The number of hydrogen-bond donors (Lipinski definition) is 0. The van der Waals surface area contributed by atoms with Crippen molar-refractivity contribution in [1.29, 1.82) is 0 Å². The molecule has 0 N–H and O–H groups in total. The largest absolute Gasteiger partial charge is 0.342 e. The average molecular weight is 290 g/mol. The van der Waals surface area contributed by atoms with Crippen LogP contribution in [0.15, 0.2) is 29.0 Å². The molecule has 6 nitrogen and oxygen atoms in total. The Hall–Kier alpha value is -2.11. The van der Waals surface area contributed by atoms with E-state index in [0.717, 1.165) is 19.3 Å². The maximum absolute atomic E-state index is 12.5. The first kappa shape index (κ1) is 15.3. The predicted molar refractivity (Wildman–Crippen MR) is 78.5 cm³/mol. The van der Waals surface area contributed by atoms with Crippen molar-refractivity contribution in [2.24, 2.45) is 0 Å². The summed E-state index contributed by atoms with van der Waals surface area (Å²) in [7, 11) is 1.76. The van der Waals surface area contributed by atoms with E-state index in [4.69, 9.17) is 4.52 Å². The van der Waals surface area contributed by atoms with Gasteiger partial charge in [0.25, 0.3) is 0 Å². The highest BCUT2D eigenvalue weighted by molar-refractivity contribution is 5.80. The molecule has 0 aliphatic carbocycles. The Kier molecular flexibility index (Phi) is 5.14. The average Bonchev–Trinajstić information content (AvgIpc) is 3.12. The van der Waals surface area contributed by atoms with Gasteiger partial charge in [-0.2, -0.15) is 4.98 Å². The fraction of sp³-hybridized carbons (Fsp3) is 0.533. The fourth-order valence-corrected chi connectivity index (χ4v) is 2.28. The van der Waals surface area contributed by atoms with Crippen molar-refractivity contribution in [1.82, 2.24) is 19.6 Å². The summed E-state index contributed by atoms with van der Waals surface area (Å²) in [5.74, 6) is 1.23. The number of carbonyl (C=O) groups is 1. The van der Waals surface area contributed by atoms with Crippen molar-refractivity contribution in [3.05, 3.63) is 36.2 Å². The second-order valence-electron chi connectivity index (χ2n) is 5.10. The molecule has 0 radical (unpaired) electrons. The van der Waals surface area contributed by atoms with E-state index in [-0.39, 0.29) is 11.9 Å². The molecule has 0 saturated heterocycles. The summed E-state index contributed by atoms with van der Waals surface area (Å²) in [4.78, 5) is 18.5. The standard InChI is InChI=1S/C15H22N4O2/c1-4-8-13-16-14(21-17-13)11-18(3)15(20)12(5-2)19-9-6-7-10-19/h6-7,9-10,12H,4-5,8,11H2,1-3H3. The Bertz CT molecular complexity index is 562. The van der Waals surface area contributed by atoms with Gasteiger partial charge in [-0.3, -0.25) is 4.79 Å².